The van der Waals surface area contributed by atoms with Crippen LogP contribution in [0.4, 0.5) is 0 Å². The maximum Gasteiger partial charge on any atom is 0.195 e. The Morgan fingerprint density at radius 1 is 1.45 bits per heavy atom. The summed E-state index contributed by atoms with van der Waals surface area (Å²) in [6, 6.07) is 6.05. The first-order valence-electron chi connectivity index (χ1n) is 7.00. The Bertz CT molecular complexity index is 728. The molecule has 0 unspecified atom stereocenters. The lowest BCUT2D eigenvalue weighted by Crippen LogP contribution is -2.14. The highest BCUT2D eigenvalue weighted by Crippen LogP contribution is 2.34. The number of allylic oxidation sites excluding steroid dienone is 1. The maximum absolute atomic E-state index is 6.00. The molecule has 4 nitrogen and oxygen atoms in total. The Morgan fingerprint density at radius 2 is 2.18 bits per heavy atom. The predicted octanol–water partition coefficient (Wildman–Crippen LogP) is 4.77. The van der Waals surface area contributed by atoms with Gasteiger partial charge in [0, 0.05) is 16.6 Å². The standard InChI is InChI=1S/C16H20BrN3OS/c1-5-8-20-14(18-19-15(20)22)10-21-13-7-6-11(17)9-12(13)16(2,3)4/h5-7,9H,1,8,10H2,2-4H3,(H,19,22). The lowest BCUT2D eigenvalue weighted by atomic mass is 9.86. The predicted molar refractivity (Wildman–Crippen MR) is 94.8 cm³/mol. The van der Waals surface area contributed by atoms with Gasteiger partial charge >= 0.3 is 0 Å². The minimum absolute atomic E-state index is 0.00898. The summed E-state index contributed by atoms with van der Waals surface area (Å²) >= 11 is 8.73. The summed E-state index contributed by atoms with van der Waals surface area (Å²) in [5.74, 6) is 1.61. The molecule has 6 heteroatoms. The lowest BCUT2D eigenvalue weighted by Gasteiger charge is -2.23. The third kappa shape index (κ3) is 3.87. The first kappa shape index (κ1) is 17.0. The van der Waals surface area contributed by atoms with Crippen LogP contribution in [-0.2, 0) is 18.6 Å². The Kier molecular flexibility index (Phi) is 5.24. The van der Waals surface area contributed by atoms with Crippen molar-refractivity contribution in [1.29, 1.82) is 0 Å². The number of benzene rings is 1. The molecule has 0 amide bonds. The molecule has 1 aromatic heterocycles. The van der Waals surface area contributed by atoms with Gasteiger partial charge in [0.2, 0.25) is 0 Å². The minimum atomic E-state index is -0.00898. The monoisotopic (exact) mass is 381 g/mol. The zero-order chi connectivity index (χ0) is 16.3. The summed E-state index contributed by atoms with van der Waals surface area (Å²) < 4.78 is 9.49. The fourth-order valence-electron chi connectivity index (χ4n) is 2.13. The second-order valence-corrected chi connectivity index (χ2v) is 7.33. The summed E-state index contributed by atoms with van der Waals surface area (Å²) in [6.45, 7) is 11.2. The second-order valence-electron chi connectivity index (χ2n) is 6.02. The molecule has 0 bridgehead atoms. The third-order valence-corrected chi connectivity index (χ3v) is 4.06. The van der Waals surface area contributed by atoms with Crippen molar-refractivity contribution >= 4 is 28.1 Å². The van der Waals surface area contributed by atoms with Crippen molar-refractivity contribution < 1.29 is 4.74 Å². The van der Waals surface area contributed by atoms with Gasteiger partial charge in [0.15, 0.2) is 10.6 Å². The van der Waals surface area contributed by atoms with E-state index in [-0.39, 0.29) is 5.41 Å². The van der Waals surface area contributed by atoms with Crippen molar-refractivity contribution in [3.05, 3.63) is 51.5 Å². The van der Waals surface area contributed by atoms with Crippen molar-refractivity contribution in [2.75, 3.05) is 0 Å². The van der Waals surface area contributed by atoms with Crippen LogP contribution in [0.3, 0.4) is 0 Å². The molecule has 1 heterocycles. The molecule has 2 rings (SSSR count). The van der Waals surface area contributed by atoms with Gasteiger partial charge in [0.05, 0.1) is 0 Å². The Balaban J connectivity index is 2.26. The number of aromatic nitrogens is 3. The van der Waals surface area contributed by atoms with Crippen molar-refractivity contribution in [1.82, 2.24) is 14.8 Å². The van der Waals surface area contributed by atoms with Crippen molar-refractivity contribution in [2.45, 2.75) is 39.3 Å². The first-order valence-corrected chi connectivity index (χ1v) is 8.21. The molecule has 118 valence electrons. The first-order chi connectivity index (χ1) is 10.3. The molecule has 0 saturated carbocycles. The molecule has 0 atom stereocenters. The van der Waals surface area contributed by atoms with Crippen LogP contribution in [0.2, 0.25) is 0 Å². The number of hydrogen-bond acceptors (Lipinski definition) is 3. The SMILES string of the molecule is C=CCn1c(COc2ccc(Br)cc2C(C)(C)C)n[nH]c1=S. The highest BCUT2D eigenvalue weighted by atomic mass is 79.9. The molecular formula is C16H20BrN3OS. The average molecular weight is 382 g/mol. The van der Waals surface area contributed by atoms with Crippen LogP contribution < -0.4 is 4.74 Å². The van der Waals surface area contributed by atoms with E-state index < -0.39 is 0 Å². The molecule has 2 aromatic rings. The van der Waals surface area contributed by atoms with Crippen LogP contribution in [0, 0.1) is 4.77 Å². The molecule has 1 N–H and O–H groups in total. The Morgan fingerprint density at radius 3 is 2.82 bits per heavy atom. The van der Waals surface area contributed by atoms with Crippen LogP contribution in [0.25, 0.3) is 0 Å². The highest BCUT2D eigenvalue weighted by Gasteiger charge is 2.20. The van der Waals surface area contributed by atoms with E-state index in [4.69, 9.17) is 17.0 Å². The Labute approximate surface area is 144 Å². The highest BCUT2D eigenvalue weighted by molar-refractivity contribution is 9.10. The van der Waals surface area contributed by atoms with Gasteiger partial charge in [-0.3, -0.25) is 9.67 Å². The van der Waals surface area contributed by atoms with Crippen molar-refractivity contribution in [2.24, 2.45) is 0 Å². The van der Waals surface area contributed by atoms with Gasteiger partial charge in [-0.25, -0.2) is 0 Å². The number of ether oxygens (including phenoxy) is 1. The van der Waals surface area contributed by atoms with E-state index in [1.807, 2.05) is 16.7 Å². The largest absolute Gasteiger partial charge is 0.485 e. The van der Waals surface area contributed by atoms with E-state index in [1.54, 1.807) is 6.08 Å². The number of rotatable bonds is 5. The van der Waals surface area contributed by atoms with Gasteiger partial charge in [0.25, 0.3) is 0 Å². The third-order valence-electron chi connectivity index (χ3n) is 3.26. The van der Waals surface area contributed by atoms with E-state index in [0.717, 1.165) is 21.6 Å². The van der Waals surface area contributed by atoms with Crippen LogP contribution in [0.5, 0.6) is 5.75 Å². The molecule has 0 fully saturated rings. The quantitative estimate of drug-likeness (QED) is 0.599. The van der Waals surface area contributed by atoms with Crippen LogP contribution in [0.15, 0.2) is 35.3 Å². The molecule has 0 aliphatic rings. The molecule has 0 spiro atoms. The molecule has 22 heavy (non-hydrogen) atoms. The van der Waals surface area contributed by atoms with Crippen LogP contribution in [0.1, 0.15) is 32.2 Å². The number of aromatic amines is 1. The second kappa shape index (κ2) is 6.79. The Hall–Kier alpha value is -1.40. The fourth-order valence-corrected chi connectivity index (χ4v) is 2.72. The number of nitrogens with zero attached hydrogens (tertiary/aromatic N) is 2. The summed E-state index contributed by atoms with van der Waals surface area (Å²) in [5, 5.41) is 7.02. The van der Waals surface area contributed by atoms with Gasteiger partial charge in [0.1, 0.15) is 12.4 Å². The van der Waals surface area contributed by atoms with Crippen molar-refractivity contribution in [3.8, 4) is 5.75 Å². The molecular weight excluding hydrogens is 362 g/mol. The van der Waals surface area contributed by atoms with E-state index in [1.165, 1.54) is 0 Å². The van der Waals surface area contributed by atoms with E-state index in [9.17, 15) is 0 Å². The van der Waals surface area contributed by atoms with Gasteiger partial charge in [-0.2, -0.15) is 5.10 Å². The molecule has 0 aliphatic heterocycles. The number of H-pyrrole nitrogens is 1. The zero-order valence-corrected chi connectivity index (χ0v) is 15.4. The number of halogens is 1. The summed E-state index contributed by atoms with van der Waals surface area (Å²) in [4.78, 5) is 0. The fraction of sp³-hybridized carbons (Fsp3) is 0.375. The van der Waals surface area contributed by atoms with E-state index in [0.29, 0.717) is 17.9 Å². The average Bonchev–Trinajstić information content (AvgIpc) is 2.78. The maximum atomic E-state index is 6.00. The topological polar surface area (TPSA) is 42.8 Å². The van der Waals surface area contributed by atoms with Gasteiger partial charge in [-0.05, 0) is 35.8 Å². The summed E-state index contributed by atoms with van der Waals surface area (Å²) in [6.07, 6.45) is 1.79. The summed E-state index contributed by atoms with van der Waals surface area (Å²) in [5.41, 5.74) is 1.14. The number of hydrogen-bond donors (Lipinski definition) is 1. The summed E-state index contributed by atoms with van der Waals surface area (Å²) in [7, 11) is 0. The van der Waals surface area contributed by atoms with Crippen molar-refractivity contribution in [3.63, 3.8) is 0 Å². The molecule has 1 aromatic carbocycles. The smallest absolute Gasteiger partial charge is 0.195 e. The molecule has 0 aliphatic carbocycles. The van der Waals surface area contributed by atoms with E-state index in [2.05, 4.69) is 59.5 Å². The molecule has 0 radical (unpaired) electrons. The van der Waals surface area contributed by atoms with E-state index >= 15 is 0 Å². The van der Waals surface area contributed by atoms with Gasteiger partial charge < -0.3 is 4.74 Å². The minimum Gasteiger partial charge on any atom is -0.485 e. The number of nitrogens with one attached hydrogen (secondary N) is 1. The van der Waals surface area contributed by atoms with Gasteiger partial charge in [-0.15, -0.1) is 6.58 Å². The normalized spacial score (nSPS) is 11.5. The lowest BCUT2D eigenvalue weighted by molar-refractivity contribution is 0.282. The van der Waals surface area contributed by atoms with Gasteiger partial charge in [-0.1, -0.05) is 42.8 Å². The zero-order valence-electron chi connectivity index (χ0n) is 13.0. The van der Waals surface area contributed by atoms with Crippen LogP contribution in [-0.4, -0.2) is 14.8 Å². The van der Waals surface area contributed by atoms with Crippen LogP contribution >= 0.6 is 28.1 Å². The molecule has 0 saturated heterocycles.